The molecule has 0 saturated heterocycles. The molecule has 0 aliphatic rings. The fraction of sp³-hybridized carbons (Fsp3) is 0.333. The molecule has 0 radical (unpaired) electrons. The first kappa shape index (κ1) is 10.4. The number of halogens is 1. The van der Waals surface area contributed by atoms with Gasteiger partial charge in [0.2, 0.25) is 0 Å². The Hall–Kier alpha value is -0.650. The molecule has 3 nitrogen and oxygen atoms in total. The Morgan fingerprint density at radius 2 is 2.38 bits per heavy atom. The molecule has 0 amide bonds. The monoisotopic (exact) mass is 291 g/mol. The number of hydrogen-bond donors (Lipinski definition) is 0. The van der Waals surface area contributed by atoms with Crippen LogP contribution in [0.15, 0.2) is 18.3 Å². The van der Waals surface area contributed by atoms with Crippen LogP contribution in [0.4, 0.5) is 0 Å². The van der Waals surface area contributed by atoms with Crippen molar-refractivity contribution in [2.75, 3.05) is 4.61 Å². The molecule has 70 valence electrons. The van der Waals surface area contributed by atoms with Crippen molar-refractivity contribution in [1.29, 1.82) is 0 Å². The number of pyridine rings is 1. The molecular formula is C9H10INO2. The molecule has 4 heteroatoms. The highest BCUT2D eigenvalue weighted by Crippen LogP contribution is 2.03. The second-order valence-corrected chi connectivity index (χ2v) is 3.06. The van der Waals surface area contributed by atoms with E-state index in [-0.39, 0.29) is 5.97 Å². The molecule has 0 aliphatic carbocycles. The summed E-state index contributed by atoms with van der Waals surface area (Å²) < 4.78 is 5.18. The van der Waals surface area contributed by atoms with Crippen LogP contribution in [0, 0.1) is 0 Å². The van der Waals surface area contributed by atoms with Crippen LogP contribution in [0.25, 0.3) is 0 Å². The van der Waals surface area contributed by atoms with Crippen LogP contribution in [0.2, 0.25) is 0 Å². The lowest BCUT2D eigenvalue weighted by Gasteiger charge is -2.00. The average Bonchev–Trinajstić information content (AvgIpc) is 2.18. The lowest BCUT2D eigenvalue weighted by Crippen LogP contribution is -2.04. The van der Waals surface area contributed by atoms with Crippen LogP contribution < -0.4 is 0 Å². The number of aromatic nitrogens is 1. The zero-order valence-electron chi connectivity index (χ0n) is 7.29. The SMILES string of the molecule is CCc1ccc(C(=O)OCI)cn1. The predicted octanol–water partition coefficient (Wildman–Crippen LogP) is 2.19. The van der Waals surface area contributed by atoms with Gasteiger partial charge in [0, 0.05) is 11.9 Å². The Bertz CT molecular complexity index is 284. The largest absolute Gasteiger partial charge is 0.451 e. The van der Waals surface area contributed by atoms with E-state index in [2.05, 4.69) is 4.98 Å². The van der Waals surface area contributed by atoms with E-state index in [1.54, 1.807) is 12.3 Å². The summed E-state index contributed by atoms with van der Waals surface area (Å²) in [6, 6.07) is 3.57. The van der Waals surface area contributed by atoms with Crippen LogP contribution in [0.3, 0.4) is 0 Å². The van der Waals surface area contributed by atoms with E-state index < -0.39 is 0 Å². The second-order valence-electron chi connectivity index (χ2n) is 2.43. The van der Waals surface area contributed by atoms with Crippen LogP contribution >= 0.6 is 22.6 Å². The van der Waals surface area contributed by atoms with Crippen molar-refractivity contribution in [3.05, 3.63) is 29.6 Å². The minimum atomic E-state index is -0.315. The summed E-state index contributed by atoms with van der Waals surface area (Å²) in [6.07, 6.45) is 2.43. The van der Waals surface area contributed by atoms with E-state index in [1.807, 2.05) is 35.6 Å². The Balaban J connectivity index is 2.74. The maximum absolute atomic E-state index is 11.2. The lowest BCUT2D eigenvalue weighted by atomic mass is 10.2. The van der Waals surface area contributed by atoms with Gasteiger partial charge in [0.05, 0.1) is 5.56 Å². The minimum absolute atomic E-state index is 0.315. The van der Waals surface area contributed by atoms with Crippen LogP contribution in [0.5, 0.6) is 0 Å². The Morgan fingerprint density at radius 1 is 1.62 bits per heavy atom. The van der Waals surface area contributed by atoms with Gasteiger partial charge in [-0.1, -0.05) is 6.92 Å². The normalized spacial score (nSPS) is 9.69. The molecule has 0 fully saturated rings. The average molecular weight is 291 g/mol. The number of carbonyl (C=O) groups excluding carboxylic acids is 1. The third kappa shape index (κ3) is 2.95. The van der Waals surface area contributed by atoms with Gasteiger partial charge in [0.25, 0.3) is 0 Å². The number of ether oxygens (including phenoxy) is 1. The van der Waals surface area contributed by atoms with E-state index in [0.29, 0.717) is 10.2 Å². The van der Waals surface area contributed by atoms with Crippen molar-refractivity contribution in [3.8, 4) is 0 Å². The molecule has 1 aromatic rings. The molecule has 0 unspecified atom stereocenters. The third-order valence-electron chi connectivity index (χ3n) is 1.61. The van der Waals surface area contributed by atoms with Gasteiger partial charge in [-0.3, -0.25) is 4.98 Å². The quantitative estimate of drug-likeness (QED) is 0.487. The number of carbonyl (C=O) groups is 1. The Labute approximate surface area is 90.6 Å². The molecular weight excluding hydrogens is 281 g/mol. The molecule has 0 aromatic carbocycles. The maximum Gasteiger partial charge on any atom is 0.340 e. The fourth-order valence-electron chi connectivity index (χ4n) is 0.887. The van der Waals surface area contributed by atoms with Gasteiger partial charge in [-0.25, -0.2) is 4.79 Å². The van der Waals surface area contributed by atoms with E-state index in [4.69, 9.17) is 4.74 Å². The topological polar surface area (TPSA) is 39.2 Å². The molecule has 0 saturated carbocycles. The van der Waals surface area contributed by atoms with Crippen molar-refractivity contribution >= 4 is 28.6 Å². The molecule has 13 heavy (non-hydrogen) atoms. The smallest absolute Gasteiger partial charge is 0.340 e. The van der Waals surface area contributed by atoms with Gasteiger partial charge < -0.3 is 4.74 Å². The highest BCUT2D eigenvalue weighted by atomic mass is 127. The molecule has 0 atom stereocenters. The molecule has 0 aliphatic heterocycles. The summed E-state index contributed by atoms with van der Waals surface area (Å²) in [5.41, 5.74) is 1.49. The van der Waals surface area contributed by atoms with Gasteiger partial charge in [-0.15, -0.1) is 0 Å². The molecule has 0 spiro atoms. The van der Waals surface area contributed by atoms with E-state index in [1.165, 1.54) is 0 Å². The highest BCUT2D eigenvalue weighted by molar-refractivity contribution is 14.1. The number of esters is 1. The third-order valence-corrected chi connectivity index (χ3v) is 1.92. The molecule has 1 rings (SSSR count). The van der Waals surface area contributed by atoms with Crippen molar-refractivity contribution in [3.63, 3.8) is 0 Å². The second kappa shape index (κ2) is 5.16. The van der Waals surface area contributed by atoms with Gasteiger partial charge >= 0.3 is 5.97 Å². The van der Waals surface area contributed by atoms with Gasteiger partial charge in [-0.2, -0.15) is 0 Å². The number of rotatable bonds is 3. The van der Waals surface area contributed by atoms with Gasteiger partial charge in [0.1, 0.15) is 4.61 Å². The first-order valence-electron chi connectivity index (χ1n) is 3.96. The first-order valence-corrected chi connectivity index (χ1v) is 5.48. The van der Waals surface area contributed by atoms with Crippen LogP contribution in [0.1, 0.15) is 23.0 Å². The van der Waals surface area contributed by atoms with Gasteiger partial charge in [-0.05, 0) is 41.1 Å². The maximum atomic E-state index is 11.2. The number of hydrogen-bond acceptors (Lipinski definition) is 3. The van der Waals surface area contributed by atoms with Crippen molar-refractivity contribution in [1.82, 2.24) is 4.98 Å². The van der Waals surface area contributed by atoms with Crippen molar-refractivity contribution < 1.29 is 9.53 Å². The van der Waals surface area contributed by atoms with Crippen molar-refractivity contribution in [2.45, 2.75) is 13.3 Å². The van der Waals surface area contributed by atoms with Gasteiger partial charge in [0.15, 0.2) is 0 Å². The molecule has 1 heterocycles. The number of nitrogens with zero attached hydrogens (tertiary/aromatic N) is 1. The van der Waals surface area contributed by atoms with Crippen LogP contribution in [-0.4, -0.2) is 15.6 Å². The molecule has 0 bridgehead atoms. The Morgan fingerprint density at radius 3 is 2.85 bits per heavy atom. The zero-order valence-corrected chi connectivity index (χ0v) is 9.45. The van der Waals surface area contributed by atoms with Crippen molar-refractivity contribution in [2.24, 2.45) is 0 Å². The number of aryl methyl sites for hydroxylation is 1. The summed E-state index contributed by atoms with van der Waals surface area (Å²) in [4.78, 5) is 15.3. The fourth-order valence-corrected chi connectivity index (χ4v) is 1.17. The van der Waals surface area contributed by atoms with E-state index in [9.17, 15) is 4.79 Å². The molecule has 1 aromatic heterocycles. The van der Waals surface area contributed by atoms with E-state index in [0.717, 1.165) is 12.1 Å². The summed E-state index contributed by atoms with van der Waals surface area (Å²) >= 11 is 1.98. The predicted molar refractivity (Wildman–Crippen MR) is 57.9 cm³/mol. The standard InChI is InChI=1S/C9H10INO2/c1-2-8-4-3-7(5-11-8)9(12)13-6-10/h3-5H,2,6H2,1H3. The lowest BCUT2D eigenvalue weighted by molar-refractivity contribution is 0.0590. The minimum Gasteiger partial charge on any atom is -0.451 e. The summed E-state index contributed by atoms with van der Waals surface area (Å²) in [5, 5.41) is 0. The molecule has 0 N–H and O–H groups in total. The number of alkyl halides is 1. The zero-order chi connectivity index (χ0) is 9.68. The first-order chi connectivity index (χ1) is 6.27. The van der Waals surface area contributed by atoms with Crippen LogP contribution in [-0.2, 0) is 11.2 Å². The summed E-state index contributed by atoms with van der Waals surface area (Å²) in [5.74, 6) is -0.315. The van der Waals surface area contributed by atoms with E-state index >= 15 is 0 Å². The summed E-state index contributed by atoms with van der Waals surface area (Å²) in [7, 11) is 0. The highest BCUT2D eigenvalue weighted by Gasteiger charge is 2.05. The summed E-state index contributed by atoms with van der Waals surface area (Å²) in [6.45, 7) is 2.02. The Kier molecular flexibility index (Phi) is 4.14.